The van der Waals surface area contributed by atoms with E-state index in [9.17, 15) is 9.18 Å². The molecular formula is C19H21FO. The number of carbonyl (C=O) groups excluding carboxylic acids is 1. The molecule has 110 valence electrons. The molecule has 0 saturated carbocycles. The lowest BCUT2D eigenvalue weighted by molar-refractivity contribution is 0.0931. The molecule has 0 heterocycles. The average Bonchev–Trinajstić information content (AvgIpc) is 2.50. The summed E-state index contributed by atoms with van der Waals surface area (Å²) in [6.45, 7) is 6.00. The van der Waals surface area contributed by atoms with Crippen LogP contribution in [0.4, 0.5) is 4.39 Å². The molecule has 0 spiro atoms. The van der Waals surface area contributed by atoms with Crippen molar-refractivity contribution in [3.05, 3.63) is 71.0 Å². The highest BCUT2D eigenvalue weighted by atomic mass is 19.1. The van der Waals surface area contributed by atoms with E-state index in [2.05, 4.69) is 13.8 Å². The summed E-state index contributed by atoms with van der Waals surface area (Å²) in [5, 5.41) is 0. The molecule has 2 atom stereocenters. The molecule has 0 aliphatic heterocycles. The zero-order valence-corrected chi connectivity index (χ0v) is 12.8. The van der Waals surface area contributed by atoms with Crippen LogP contribution in [0.5, 0.6) is 0 Å². The lowest BCUT2D eigenvalue weighted by Gasteiger charge is -2.23. The van der Waals surface area contributed by atoms with E-state index in [1.165, 1.54) is 12.1 Å². The second-order valence-corrected chi connectivity index (χ2v) is 5.60. The SMILES string of the molecule is CCC(C)C(C(=O)c1cc(F)ccc1C)c1ccccc1. The maximum Gasteiger partial charge on any atom is 0.170 e. The summed E-state index contributed by atoms with van der Waals surface area (Å²) < 4.78 is 13.5. The minimum atomic E-state index is -0.361. The number of rotatable bonds is 5. The second kappa shape index (κ2) is 6.66. The number of hydrogen-bond acceptors (Lipinski definition) is 1. The number of hydrogen-bond donors (Lipinski definition) is 0. The third kappa shape index (κ3) is 3.38. The second-order valence-electron chi connectivity index (χ2n) is 5.60. The number of ketones is 1. The van der Waals surface area contributed by atoms with Crippen LogP contribution in [-0.4, -0.2) is 5.78 Å². The Hall–Kier alpha value is -1.96. The molecule has 2 heteroatoms. The van der Waals surface area contributed by atoms with Crippen molar-refractivity contribution in [1.29, 1.82) is 0 Å². The minimum Gasteiger partial charge on any atom is -0.293 e. The predicted molar refractivity (Wildman–Crippen MR) is 84.1 cm³/mol. The molecule has 0 aromatic heterocycles. The normalized spacial score (nSPS) is 13.7. The van der Waals surface area contributed by atoms with E-state index in [4.69, 9.17) is 0 Å². The summed E-state index contributed by atoms with van der Waals surface area (Å²) in [7, 11) is 0. The van der Waals surface area contributed by atoms with Crippen LogP contribution >= 0.6 is 0 Å². The number of benzene rings is 2. The predicted octanol–water partition coefficient (Wildman–Crippen LogP) is 5.15. The van der Waals surface area contributed by atoms with E-state index in [1.54, 1.807) is 6.07 Å². The van der Waals surface area contributed by atoms with Gasteiger partial charge in [-0.3, -0.25) is 4.79 Å². The van der Waals surface area contributed by atoms with Gasteiger partial charge in [0.15, 0.2) is 5.78 Å². The molecular weight excluding hydrogens is 263 g/mol. The Morgan fingerprint density at radius 2 is 1.81 bits per heavy atom. The monoisotopic (exact) mass is 284 g/mol. The van der Waals surface area contributed by atoms with E-state index >= 15 is 0 Å². The van der Waals surface area contributed by atoms with Crippen molar-refractivity contribution >= 4 is 5.78 Å². The van der Waals surface area contributed by atoms with Gasteiger partial charge in [0.1, 0.15) is 5.82 Å². The Kier molecular flexibility index (Phi) is 4.89. The highest BCUT2D eigenvalue weighted by Gasteiger charge is 2.27. The summed E-state index contributed by atoms with van der Waals surface area (Å²) in [5.41, 5.74) is 2.32. The van der Waals surface area contributed by atoms with Crippen molar-refractivity contribution in [3.63, 3.8) is 0 Å². The highest BCUT2D eigenvalue weighted by Crippen LogP contribution is 2.31. The maximum atomic E-state index is 13.5. The lowest BCUT2D eigenvalue weighted by Crippen LogP contribution is -2.21. The molecule has 0 saturated heterocycles. The minimum absolute atomic E-state index is 0.00699. The zero-order chi connectivity index (χ0) is 15.4. The summed E-state index contributed by atoms with van der Waals surface area (Å²) in [5.74, 6) is -0.369. The van der Waals surface area contributed by atoms with Gasteiger partial charge in [0, 0.05) is 11.5 Å². The van der Waals surface area contributed by atoms with Gasteiger partial charge >= 0.3 is 0 Å². The molecule has 0 amide bonds. The number of aryl methyl sites for hydroxylation is 1. The molecule has 0 radical (unpaired) electrons. The summed E-state index contributed by atoms with van der Waals surface area (Å²) >= 11 is 0. The van der Waals surface area contributed by atoms with Crippen LogP contribution in [0.15, 0.2) is 48.5 Å². The largest absolute Gasteiger partial charge is 0.293 e. The smallest absolute Gasteiger partial charge is 0.170 e. The van der Waals surface area contributed by atoms with Gasteiger partial charge in [0.05, 0.1) is 0 Å². The van der Waals surface area contributed by atoms with E-state index in [0.29, 0.717) is 5.56 Å². The zero-order valence-electron chi connectivity index (χ0n) is 12.8. The Morgan fingerprint density at radius 1 is 1.14 bits per heavy atom. The lowest BCUT2D eigenvalue weighted by atomic mass is 9.79. The molecule has 0 bridgehead atoms. The summed E-state index contributed by atoms with van der Waals surface area (Å²) in [6, 6.07) is 14.2. The number of carbonyl (C=O) groups is 1. The fraction of sp³-hybridized carbons (Fsp3) is 0.316. The van der Waals surface area contributed by atoms with E-state index < -0.39 is 0 Å². The number of halogens is 1. The maximum absolute atomic E-state index is 13.5. The van der Waals surface area contributed by atoms with Crippen LogP contribution in [-0.2, 0) is 0 Å². The molecule has 0 fully saturated rings. The molecule has 2 aromatic carbocycles. The van der Waals surface area contributed by atoms with Gasteiger partial charge in [0.25, 0.3) is 0 Å². The first kappa shape index (κ1) is 15.4. The van der Waals surface area contributed by atoms with Crippen molar-refractivity contribution < 1.29 is 9.18 Å². The Morgan fingerprint density at radius 3 is 2.43 bits per heavy atom. The van der Waals surface area contributed by atoms with E-state index in [1.807, 2.05) is 37.3 Å². The molecule has 0 aliphatic rings. The van der Waals surface area contributed by atoms with Crippen molar-refractivity contribution in [3.8, 4) is 0 Å². The highest BCUT2D eigenvalue weighted by molar-refractivity contribution is 6.02. The average molecular weight is 284 g/mol. The van der Waals surface area contributed by atoms with Gasteiger partial charge in [0.2, 0.25) is 0 Å². The van der Waals surface area contributed by atoms with Crippen LogP contribution in [0.3, 0.4) is 0 Å². The van der Waals surface area contributed by atoms with Crippen molar-refractivity contribution in [2.24, 2.45) is 5.92 Å². The molecule has 2 unspecified atom stereocenters. The van der Waals surface area contributed by atoms with E-state index in [0.717, 1.165) is 17.5 Å². The summed E-state index contributed by atoms with van der Waals surface area (Å²) in [4.78, 5) is 13.0. The van der Waals surface area contributed by atoms with Crippen LogP contribution in [0.25, 0.3) is 0 Å². The topological polar surface area (TPSA) is 17.1 Å². The van der Waals surface area contributed by atoms with Gasteiger partial charge < -0.3 is 0 Å². The van der Waals surface area contributed by atoms with Gasteiger partial charge in [-0.25, -0.2) is 4.39 Å². The van der Waals surface area contributed by atoms with Crippen LogP contribution in [0, 0.1) is 18.7 Å². The van der Waals surface area contributed by atoms with Gasteiger partial charge in [-0.15, -0.1) is 0 Å². The van der Waals surface area contributed by atoms with Crippen LogP contribution < -0.4 is 0 Å². The molecule has 2 rings (SSSR count). The van der Waals surface area contributed by atoms with Crippen LogP contribution in [0.2, 0.25) is 0 Å². The first-order chi connectivity index (χ1) is 10.0. The fourth-order valence-corrected chi connectivity index (χ4v) is 2.66. The van der Waals surface area contributed by atoms with Crippen LogP contribution in [0.1, 0.15) is 47.7 Å². The Balaban J connectivity index is 2.46. The third-order valence-corrected chi connectivity index (χ3v) is 4.12. The van der Waals surface area contributed by atoms with Gasteiger partial charge in [-0.05, 0) is 36.1 Å². The first-order valence-corrected chi connectivity index (χ1v) is 7.40. The molecule has 21 heavy (non-hydrogen) atoms. The standard InChI is InChI=1S/C19H21FO/c1-4-13(2)18(15-8-6-5-7-9-15)19(21)17-12-16(20)11-10-14(17)3/h5-13,18H,4H2,1-3H3. The Labute approximate surface area is 125 Å². The quantitative estimate of drug-likeness (QED) is 0.694. The first-order valence-electron chi connectivity index (χ1n) is 7.40. The molecule has 2 aromatic rings. The third-order valence-electron chi connectivity index (χ3n) is 4.12. The molecule has 0 aliphatic carbocycles. The van der Waals surface area contributed by atoms with Gasteiger partial charge in [-0.1, -0.05) is 56.7 Å². The van der Waals surface area contributed by atoms with E-state index in [-0.39, 0.29) is 23.4 Å². The molecule has 0 N–H and O–H groups in total. The summed E-state index contributed by atoms with van der Waals surface area (Å²) in [6.07, 6.45) is 0.902. The number of Topliss-reactive ketones (excluding diaryl/α,β-unsaturated/α-hetero) is 1. The van der Waals surface area contributed by atoms with Crippen molar-refractivity contribution in [2.45, 2.75) is 33.1 Å². The molecule has 1 nitrogen and oxygen atoms in total. The van der Waals surface area contributed by atoms with Crippen molar-refractivity contribution in [1.82, 2.24) is 0 Å². The van der Waals surface area contributed by atoms with Gasteiger partial charge in [-0.2, -0.15) is 0 Å². The fourth-order valence-electron chi connectivity index (χ4n) is 2.66. The van der Waals surface area contributed by atoms with Crippen molar-refractivity contribution in [2.75, 3.05) is 0 Å². The Bertz CT molecular complexity index is 619.